The van der Waals surface area contributed by atoms with Crippen LogP contribution in [-0.2, 0) is 6.54 Å². The molecule has 0 aliphatic rings. The number of H-pyrrole nitrogens is 1. The molecular formula is C15H17ClN4O. The first kappa shape index (κ1) is 14.1. The number of hydrogen-bond donors (Lipinski definition) is 2. The lowest BCUT2D eigenvalue weighted by Gasteiger charge is -2.15. The van der Waals surface area contributed by atoms with Crippen molar-refractivity contribution in [2.75, 3.05) is 6.54 Å². The second-order valence-corrected chi connectivity index (χ2v) is 5.93. The number of benzene rings is 1. The Kier molecular flexibility index (Phi) is 3.47. The van der Waals surface area contributed by atoms with Crippen molar-refractivity contribution in [2.45, 2.75) is 20.4 Å². The number of halogens is 1. The van der Waals surface area contributed by atoms with Gasteiger partial charge in [-0.15, -0.1) is 0 Å². The molecule has 110 valence electrons. The molecule has 0 saturated heterocycles. The molecule has 0 aliphatic carbocycles. The maximum atomic E-state index is 12.8. The van der Waals surface area contributed by atoms with Gasteiger partial charge in [-0.1, -0.05) is 18.5 Å². The van der Waals surface area contributed by atoms with Crippen LogP contribution in [0.5, 0.6) is 0 Å². The number of nitrogens with one attached hydrogen (secondary N) is 1. The fraction of sp³-hybridized carbons (Fsp3) is 0.333. The van der Waals surface area contributed by atoms with Crippen LogP contribution in [0.15, 0.2) is 23.0 Å². The monoisotopic (exact) mass is 304 g/mol. The summed E-state index contributed by atoms with van der Waals surface area (Å²) in [6, 6.07) is 5.51. The quantitative estimate of drug-likeness (QED) is 0.780. The third kappa shape index (κ3) is 2.22. The zero-order valence-corrected chi connectivity index (χ0v) is 12.7. The average Bonchev–Trinajstić information content (AvgIpc) is 2.85. The number of aromatic amines is 1. The number of hydrogen-bond acceptors (Lipinski definition) is 3. The van der Waals surface area contributed by atoms with Gasteiger partial charge in [-0.3, -0.25) is 9.89 Å². The fourth-order valence-corrected chi connectivity index (χ4v) is 2.80. The maximum absolute atomic E-state index is 12.8. The van der Waals surface area contributed by atoms with Gasteiger partial charge in [0, 0.05) is 22.6 Å². The van der Waals surface area contributed by atoms with Crippen LogP contribution in [-0.4, -0.2) is 21.3 Å². The van der Waals surface area contributed by atoms with Crippen LogP contribution in [0, 0.1) is 12.8 Å². The normalized spacial score (nSPS) is 13.1. The summed E-state index contributed by atoms with van der Waals surface area (Å²) < 4.78 is 1.77. The molecule has 0 spiro atoms. The molecule has 2 aromatic heterocycles. The molecule has 5 nitrogen and oxygen atoms in total. The molecule has 0 bridgehead atoms. The van der Waals surface area contributed by atoms with E-state index < -0.39 is 0 Å². The summed E-state index contributed by atoms with van der Waals surface area (Å²) in [6.45, 7) is 4.99. The molecule has 0 fully saturated rings. The van der Waals surface area contributed by atoms with Crippen LogP contribution >= 0.6 is 11.6 Å². The van der Waals surface area contributed by atoms with Gasteiger partial charge in [-0.25, -0.2) is 0 Å². The van der Waals surface area contributed by atoms with E-state index in [-0.39, 0.29) is 11.5 Å². The minimum atomic E-state index is -0.0358. The molecule has 0 radical (unpaired) electrons. The minimum absolute atomic E-state index is 0.0358. The Balaban J connectivity index is 2.45. The summed E-state index contributed by atoms with van der Waals surface area (Å²) >= 11 is 6.11. The van der Waals surface area contributed by atoms with Gasteiger partial charge in [0.05, 0.1) is 10.9 Å². The van der Waals surface area contributed by atoms with Crippen molar-refractivity contribution < 1.29 is 0 Å². The smallest absolute Gasteiger partial charge is 0.262 e. The number of aryl methyl sites for hydroxylation is 1. The van der Waals surface area contributed by atoms with E-state index in [1.807, 2.05) is 26.0 Å². The predicted molar refractivity (Wildman–Crippen MR) is 85.8 cm³/mol. The van der Waals surface area contributed by atoms with Gasteiger partial charge in [0.15, 0.2) is 0 Å². The predicted octanol–water partition coefficient (Wildman–Crippen LogP) is 2.43. The van der Waals surface area contributed by atoms with E-state index in [1.54, 1.807) is 10.6 Å². The third-order valence-corrected chi connectivity index (χ3v) is 4.04. The SMILES string of the molecule is Cc1[nH]nc2c1c(=O)n(CC(C)CN)c1ccc(Cl)cc21. The van der Waals surface area contributed by atoms with E-state index in [0.717, 1.165) is 16.6 Å². The topological polar surface area (TPSA) is 76.7 Å². The summed E-state index contributed by atoms with van der Waals surface area (Å²) in [7, 11) is 0. The van der Waals surface area contributed by atoms with E-state index in [9.17, 15) is 4.79 Å². The number of nitrogens with zero attached hydrogens (tertiary/aromatic N) is 2. The van der Waals surface area contributed by atoms with E-state index in [1.165, 1.54) is 0 Å². The highest BCUT2D eigenvalue weighted by Crippen LogP contribution is 2.26. The van der Waals surface area contributed by atoms with Crippen LogP contribution in [0.4, 0.5) is 0 Å². The van der Waals surface area contributed by atoms with Gasteiger partial charge in [0.1, 0.15) is 5.52 Å². The van der Waals surface area contributed by atoms with Crippen molar-refractivity contribution >= 4 is 33.4 Å². The summed E-state index contributed by atoms with van der Waals surface area (Å²) in [5.74, 6) is 0.214. The first-order chi connectivity index (χ1) is 10.0. The lowest BCUT2D eigenvalue weighted by atomic mass is 10.1. The number of aromatic nitrogens is 3. The average molecular weight is 305 g/mol. The van der Waals surface area contributed by atoms with Gasteiger partial charge in [-0.2, -0.15) is 5.10 Å². The van der Waals surface area contributed by atoms with Crippen LogP contribution in [0.2, 0.25) is 5.02 Å². The standard InChI is InChI=1S/C15H17ClN4O/c1-8(6-17)7-20-12-4-3-10(16)5-11(12)14-13(15(20)21)9(2)18-19-14/h3-5,8H,6-7,17H2,1-2H3,(H,18,19). The summed E-state index contributed by atoms with van der Waals surface area (Å²) in [5, 5.41) is 9.29. The molecule has 0 aliphatic heterocycles. The van der Waals surface area contributed by atoms with Gasteiger partial charge < -0.3 is 10.3 Å². The van der Waals surface area contributed by atoms with Crippen molar-refractivity contribution in [1.29, 1.82) is 0 Å². The Labute approximate surface area is 126 Å². The third-order valence-electron chi connectivity index (χ3n) is 3.81. The molecular weight excluding hydrogens is 288 g/mol. The van der Waals surface area contributed by atoms with Crippen molar-refractivity contribution in [3.8, 4) is 0 Å². The summed E-state index contributed by atoms with van der Waals surface area (Å²) in [6.07, 6.45) is 0. The Morgan fingerprint density at radius 1 is 1.48 bits per heavy atom. The van der Waals surface area contributed by atoms with E-state index >= 15 is 0 Å². The minimum Gasteiger partial charge on any atom is -0.330 e. The molecule has 0 saturated carbocycles. The number of nitrogens with two attached hydrogens (primary N) is 1. The molecule has 3 aromatic rings. The number of rotatable bonds is 3. The second kappa shape index (κ2) is 5.16. The Morgan fingerprint density at radius 3 is 2.95 bits per heavy atom. The van der Waals surface area contributed by atoms with Gasteiger partial charge in [0.25, 0.3) is 5.56 Å². The molecule has 0 amide bonds. The highest BCUT2D eigenvalue weighted by molar-refractivity contribution is 6.31. The van der Waals surface area contributed by atoms with Crippen LogP contribution in [0.1, 0.15) is 12.6 Å². The fourth-order valence-electron chi connectivity index (χ4n) is 2.63. The lowest BCUT2D eigenvalue weighted by molar-refractivity contribution is 0.494. The Bertz CT molecular complexity index is 881. The Hall–Kier alpha value is -1.85. The molecule has 2 heterocycles. The molecule has 1 atom stereocenters. The largest absolute Gasteiger partial charge is 0.330 e. The summed E-state index contributed by atoms with van der Waals surface area (Å²) in [4.78, 5) is 12.8. The van der Waals surface area contributed by atoms with Crippen molar-refractivity contribution in [2.24, 2.45) is 11.7 Å². The molecule has 6 heteroatoms. The maximum Gasteiger partial charge on any atom is 0.262 e. The molecule has 1 unspecified atom stereocenters. The van der Waals surface area contributed by atoms with E-state index in [4.69, 9.17) is 17.3 Å². The number of pyridine rings is 1. The second-order valence-electron chi connectivity index (χ2n) is 5.49. The van der Waals surface area contributed by atoms with Crippen molar-refractivity contribution in [3.63, 3.8) is 0 Å². The molecule has 3 N–H and O–H groups in total. The number of fused-ring (bicyclic) bond motifs is 3. The van der Waals surface area contributed by atoms with Gasteiger partial charge in [-0.05, 0) is 37.6 Å². The first-order valence-electron chi connectivity index (χ1n) is 6.89. The summed E-state index contributed by atoms with van der Waals surface area (Å²) in [5.41, 5.74) is 7.95. The van der Waals surface area contributed by atoms with E-state index in [2.05, 4.69) is 10.2 Å². The zero-order chi connectivity index (χ0) is 15.1. The highest BCUT2D eigenvalue weighted by atomic mass is 35.5. The van der Waals surface area contributed by atoms with Crippen LogP contribution in [0.3, 0.4) is 0 Å². The molecule has 21 heavy (non-hydrogen) atoms. The zero-order valence-electron chi connectivity index (χ0n) is 12.0. The molecule has 3 rings (SSSR count). The highest BCUT2D eigenvalue weighted by Gasteiger charge is 2.16. The van der Waals surface area contributed by atoms with Gasteiger partial charge >= 0.3 is 0 Å². The molecule has 1 aromatic carbocycles. The van der Waals surface area contributed by atoms with E-state index in [0.29, 0.717) is 29.0 Å². The first-order valence-corrected chi connectivity index (χ1v) is 7.27. The van der Waals surface area contributed by atoms with Crippen LogP contribution in [0.25, 0.3) is 21.8 Å². The lowest BCUT2D eigenvalue weighted by Crippen LogP contribution is -2.27. The Morgan fingerprint density at radius 2 is 2.24 bits per heavy atom. The van der Waals surface area contributed by atoms with Gasteiger partial charge in [0.2, 0.25) is 0 Å². The van der Waals surface area contributed by atoms with Crippen molar-refractivity contribution in [1.82, 2.24) is 14.8 Å². The van der Waals surface area contributed by atoms with Crippen LogP contribution < -0.4 is 11.3 Å². The van der Waals surface area contributed by atoms with Crippen molar-refractivity contribution in [3.05, 3.63) is 39.3 Å².